The molecule has 140 valence electrons. The van der Waals surface area contributed by atoms with Gasteiger partial charge in [0.25, 0.3) is 0 Å². The van der Waals surface area contributed by atoms with Crippen molar-refractivity contribution >= 4 is 75.0 Å². The van der Waals surface area contributed by atoms with E-state index in [1.807, 2.05) is 0 Å². The Morgan fingerprint density at radius 1 is 0.391 bits per heavy atom. The number of hydrogen-bond acceptors (Lipinski definition) is 0. The maximum Gasteiger partial charge on any atom is 0 e. The van der Waals surface area contributed by atoms with Gasteiger partial charge in [-0.05, 0) is 0 Å². The van der Waals surface area contributed by atoms with E-state index in [9.17, 15) is 0 Å². The van der Waals surface area contributed by atoms with Gasteiger partial charge >= 0.3 is 165 Å². The molecule has 0 aliphatic carbocycles. The zero-order valence-electron chi connectivity index (χ0n) is 19.2. The molecular formula is C18H48Ge5. The van der Waals surface area contributed by atoms with Crippen LogP contribution in [0.5, 0.6) is 0 Å². The van der Waals surface area contributed by atoms with E-state index in [0.717, 1.165) is 14.3 Å². The van der Waals surface area contributed by atoms with Gasteiger partial charge in [-0.25, -0.2) is 0 Å². The standard InChI is InChI=1S/C9H21Ge.3C3H9Ge.Ge/c1-7(2)10(8(3)4)9(5)6;3*1-4(2)3;/h7-9H,1-6H3;3*1-3H3;. The van der Waals surface area contributed by atoms with Gasteiger partial charge in [0.1, 0.15) is 0 Å². The molecule has 0 aliphatic heterocycles. The van der Waals surface area contributed by atoms with E-state index in [1.165, 1.54) is 0 Å². The molecule has 0 unspecified atom stereocenters. The predicted molar refractivity (Wildman–Crippen MR) is 127 cm³/mol. The van der Waals surface area contributed by atoms with Crippen LogP contribution in [0.4, 0.5) is 0 Å². The van der Waals surface area contributed by atoms with Gasteiger partial charge in [-0.1, -0.05) is 0 Å². The maximum absolute atomic E-state index is 2.40. The molecule has 0 aromatic rings. The first kappa shape index (κ1) is 36.6. The Kier molecular flexibility index (Phi) is 39.3. The molecule has 0 aliphatic rings. The molecule has 0 saturated heterocycles. The molecule has 0 saturated carbocycles. The van der Waals surface area contributed by atoms with E-state index in [1.54, 1.807) is 0 Å². The fourth-order valence-corrected chi connectivity index (χ4v) is 10.4. The van der Waals surface area contributed by atoms with Gasteiger partial charge < -0.3 is 0 Å². The summed E-state index contributed by atoms with van der Waals surface area (Å²) in [5, 5.41) is 0. The minimum atomic E-state index is -0.722. The molecule has 5 heteroatoms. The average Bonchev–Trinajstić information content (AvgIpc) is 2.10. The second-order valence-electron chi connectivity index (χ2n) is 8.46. The summed E-state index contributed by atoms with van der Waals surface area (Å²) in [4.78, 5) is 0. The van der Waals surface area contributed by atoms with Gasteiger partial charge in [-0.15, -0.1) is 0 Å². The Balaban J connectivity index is -0.0000000700. The van der Waals surface area contributed by atoms with Crippen LogP contribution >= 0.6 is 0 Å². The third-order valence-corrected chi connectivity index (χ3v) is 10.4. The van der Waals surface area contributed by atoms with Crippen LogP contribution in [0.1, 0.15) is 41.5 Å². The van der Waals surface area contributed by atoms with Crippen LogP contribution < -0.4 is 0 Å². The van der Waals surface area contributed by atoms with E-state index in [0.29, 0.717) is 0 Å². The summed E-state index contributed by atoms with van der Waals surface area (Å²) >= 11 is -1.72. The van der Waals surface area contributed by atoms with Crippen LogP contribution in [-0.4, -0.2) is 75.0 Å². The first-order valence-electron chi connectivity index (χ1n) is 8.83. The number of hydrogen-bond donors (Lipinski definition) is 0. The van der Waals surface area contributed by atoms with Gasteiger partial charge in [0.15, 0.2) is 0 Å². The zero-order chi connectivity index (χ0) is 19.0. The molecule has 23 heavy (non-hydrogen) atoms. The minimum Gasteiger partial charge on any atom is 0 e. The van der Waals surface area contributed by atoms with Crippen molar-refractivity contribution in [1.82, 2.24) is 0 Å². The molecule has 0 nitrogen and oxygen atoms in total. The van der Waals surface area contributed by atoms with Gasteiger partial charge in [-0.3, -0.25) is 0 Å². The molecule has 0 atom stereocenters. The Morgan fingerprint density at radius 3 is 0.478 bits per heavy atom. The molecule has 0 spiro atoms. The van der Waals surface area contributed by atoms with E-state index >= 15 is 0 Å². The minimum absolute atomic E-state index is 0. The quantitative estimate of drug-likeness (QED) is 0.286. The van der Waals surface area contributed by atoms with Crippen molar-refractivity contribution in [3.05, 3.63) is 0 Å². The van der Waals surface area contributed by atoms with Crippen LogP contribution in [0.3, 0.4) is 0 Å². The van der Waals surface area contributed by atoms with Crippen molar-refractivity contribution in [3.63, 3.8) is 0 Å². The Bertz CT molecular complexity index is 148. The van der Waals surface area contributed by atoms with Crippen LogP contribution in [0, 0.1) is 0 Å². The van der Waals surface area contributed by atoms with Crippen molar-refractivity contribution in [2.45, 2.75) is 108 Å². The molecule has 0 heterocycles. The molecule has 0 aromatic carbocycles. The smallest absolute Gasteiger partial charge is 0 e. The van der Waals surface area contributed by atoms with E-state index in [-0.39, 0.29) is 60.6 Å². The van der Waals surface area contributed by atoms with Crippen LogP contribution in [0.15, 0.2) is 0 Å². The summed E-state index contributed by atoms with van der Waals surface area (Å²) in [6.45, 7) is 14.4. The van der Waals surface area contributed by atoms with Crippen LogP contribution in [0.2, 0.25) is 66.1 Å². The monoisotopic (exact) mass is 634 g/mol. The summed E-state index contributed by atoms with van der Waals surface area (Å²) in [6, 6.07) is 0. The summed E-state index contributed by atoms with van der Waals surface area (Å²) < 4.78 is 3.00. The van der Waals surface area contributed by atoms with Gasteiger partial charge in [0, 0.05) is 17.6 Å². The van der Waals surface area contributed by atoms with Gasteiger partial charge in [0.05, 0.1) is 0 Å². The zero-order valence-corrected chi connectivity index (χ0v) is 29.7. The largest absolute Gasteiger partial charge is 0 e. The first-order valence-corrected chi connectivity index (χ1v) is 31.3. The maximum atomic E-state index is 2.40. The molecular weight excluding hydrogens is 579 g/mol. The fourth-order valence-electron chi connectivity index (χ4n) is 2.00. The topological polar surface area (TPSA) is 0 Å². The van der Waals surface area contributed by atoms with Gasteiger partial charge in [0.2, 0.25) is 0 Å². The molecule has 0 aromatic heterocycles. The SMILES string of the molecule is C[CH](C)[Ge]([CH](C)C)[CH](C)C.[CH3][Ge]([CH3])[CH3].[CH3][Ge]([CH3])[CH3].[CH3][Ge]([CH3])[CH3].[Ge]. The predicted octanol–water partition coefficient (Wildman–Crippen LogP) is 7.44. The second-order valence-corrected chi connectivity index (χ2v) is 36.7. The van der Waals surface area contributed by atoms with E-state index < -0.39 is 14.3 Å². The summed E-state index contributed by atoms with van der Waals surface area (Å²) in [7, 11) is 0. The second kappa shape index (κ2) is 24.7. The van der Waals surface area contributed by atoms with Crippen molar-refractivity contribution in [2.24, 2.45) is 0 Å². The van der Waals surface area contributed by atoms with Gasteiger partial charge in [-0.2, -0.15) is 0 Å². The Hall–Kier alpha value is 2.71. The van der Waals surface area contributed by atoms with E-state index in [4.69, 9.17) is 0 Å². The van der Waals surface area contributed by atoms with Crippen molar-refractivity contribution in [2.75, 3.05) is 0 Å². The van der Waals surface area contributed by atoms with Crippen molar-refractivity contribution in [1.29, 1.82) is 0 Å². The molecule has 8 radical (unpaired) electrons. The average molecular weight is 628 g/mol. The summed E-state index contributed by atoms with van der Waals surface area (Å²) in [5.74, 6) is 21.0. The normalized spacial score (nSPS) is 10.2. The molecule has 0 rings (SSSR count). The van der Waals surface area contributed by atoms with Crippen LogP contribution in [-0.2, 0) is 0 Å². The number of rotatable bonds is 3. The van der Waals surface area contributed by atoms with Crippen molar-refractivity contribution < 1.29 is 0 Å². The Labute approximate surface area is 180 Å². The van der Waals surface area contributed by atoms with Crippen LogP contribution in [0.25, 0.3) is 0 Å². The third-order valence-electron chi connectivity index (χ3n) is 2.00. The third kappa shape index (κ3) is 58.9. The van der Waals surface area contributed by atoms with Crippen molar-refractivity contribution in [3.8, 4) is 0 Å². The molecule has 0 amide bonds. The first-order chi connectivity index (χ1) is 9.66. The molecule has 0 fully saturated rings. The van der Waals surface area contributed by atoms with E-state index in [2.05, 4.69) is 93.3 Å². The molecule has 0 bridgehead atoms. The Morgan fingerprint density at radius 2 is 0.478 bits per heavy atom. The fraction of sp³-hybridized carbons (Fsp3) is 1.00. The summed E-state index contributed by atoms with van der Waals surface area (Å²) in [6.07, 6.45) is 0. The summed E-state index contributed by atoms with van der Waals surface area (Å²) in [5.41, 5.74) is 0. The molecule has 0 N–H and O–H groups in total.